The largest absolute Gasteiger partial charge is 0.396 e. The van der Waals surface area contributed by atoms with Crippen LogP contribution in [0.2, 0.25) is 0 Å². The van der Waals surface area contributed by atoms with E-state index in [1.54, 1.807) is 0 Å². The summed E-state index contributed by atoms with van der Waals surface area (Å²) in [5.74, 6) is 0.365. The fraction of sp³-hybridized carbons (Fsp3) is 0.714. The van der Waals surface area contributed by atoms with Crippen LogP contribution in [0, 0.1) is 5.92 Å². The first-order valence-corrected chi connectivity index (χ1v) is 3.29. The second-order valence-electron chi connectivity index (χ2n) is 2.59. The number of nitrogens with zero attached hydrogens (tertiary/aromatic N) is 1. The molecule has 0 spiro atoms. The molecule has 1 unspecified atom stereocenters. The molecular weight excluding hydrogens is 114 g/mol. The van der Waals surface area contributed by atoms with Crippen LogP contribution in [-0.2, 0) is 0 Å². The van der Waals surface area contributed by atoms with Crippen LogP contribution in [0.4, 0.5) is 0 Å². The lowest BCUT2D eigenvalue weighted by molar-refractivity contribution is 0.205. The van der Waals surface area contributed by atoms with Gasteiger partial charge in [-0.25, -0.2) is 0 Å². The highest BCUT2D eigenvalue weighted by Gasteiger charge is 2.09. The average Bonchev–Trinajstić information content (AvgIpc) is 1.88. The molecule has 0 bridgehead atoms. The Kier molecular flexibility index (Phi) is 2.25. The SMILES string of the molecule is CN1CC=CC(CO)C1. The molecule has 0 aromatic rings. The van der Waals surface area contributed by atoms with Crippen LogP contribution in [0.15, 0.2) is 12.2 Å². The minimum atomic E-state index is 0.279. The summed E-state index contributed by atoms with van der Waals surface area (Å²) in [6.45, 7) is 2.30. The van der Waals surface area contributed by atoms with Crippen molar-refractivity contribution in [2.24, 2.45) is 5.92 Å². The number of rotatable bonds is 1. The van der Waals surface area contributed by atoms with E-state index < -0.39 is 0 Å². The first-order chi connectivity index (χ1) is 4.33. The van der Waals surface area contributed by atoms with Crippen LogP contribution in [0.3, 0.4) is 0 Å². The van der Waals surface area contributed by atoms with Crippen molar-refractivity contribution in [2.75, 3.05) is 26.7 Å². The number of aliphatic hydroxyl groups is 1. The first-order valence-electron chi connectivity index (χ1n) is 3.29. The second-order valence-corrected chi connectivity index (χ2v) is 2.59. The lowest BCUT2D eigenvalue weighted by atomic mass is 10.1. The van der Waals surface area contributed by atoms with Gasteiger partial charge in [0, 0.05) is 19.0 Å². The fourth-order valence-corrected chi connectivity index (χ4v) is 1.09. The van der Waals surface area contributed by atoms with E-state index in [2.05, 4.69) is 24.1 Å². The first kappa shape index (κ1) is 6.78. The van der Waals surface area contributed by atoms with Crippen molar-refractivity contribution in [1.82, 2.24) is 4.90 Å². The maximum Gasteiger partial charge on any atom is 0.0506 e. The number of hydrogen-bond acceptors (Lipinski definition) is 2. The van der Waals surface area contributed by atoms with Gasteiger partial charge in [-0.3, -0.25) is 0 Å². The van der Waals surface area contributed by atoms with Crippen LogP contribution in [-0.4, -0.2) is 36.8 Å². The lowest BCUT2D eigenvalue weighted by Gasteiger charge is -2.23. The Morgan fingerprint density at radius 3 is 3.00 bits per heavy atom. The van der Waals surface area contributed by atoms with Crippen LogP contribution >= 0.6 is 0 Å². The van der Waals surface area contributed by atoms with Crippen LogP contribution in [0.25, 0.3) is 0 Å². The van der Waals surface area contributed by atoms with E-state index in [1.807, 2.05) is 0 Å². The summed E-state index contributed by atoms with van der Waals surface area (Å²) in [5.41, 5.74) is 0. The smallest absolute Gasteiger partial charge is 0.0506 e. The van der Waals surface area contributed by atoms with Crippen molar-refractivity contribution >= 4 is 0 Å². The minimum absolute atomic E-state index is 0.279. The lowest BCUT2D eigenvalue weighted by Crippen LogP contribution is -2.30. The summed E-state index contributed by atoms with van der Waals surface area (Å²) in [7, 11) is 2.06. The molecule has 1 aliphatic rings. The molecule has 0 aromatic heterocycles. The van der Waals surface area contributed by atoms with Crippen LogP contribution in [0.5, 0.6) is 0 Å². The third kappa shape index (κ3) is 1.80. The topological polar surface area (TPSA) is 23.5 Å². The van der Waals surface area contributed by atoms with E-state index in [1.165, 1.54) is 0 Å². The van der Waals surface area contributed by atoms with E-state index in [0.717, 1.165) is 13.1 Å². The molecule has 2 nitrogen and oxygen atoms in total. The highest BCUT2D eigenvalue weighted by atomic mass is 16.3. The minimum Gasteiger partial charge on any atom is -0.396 e. The third-order valence-electron chi connectivity index (χ3n) is 1.61. The summed E-state index contributed by atoms with van der Waals surface area (Å²) >= 11 is 0. The second kappa shape index (κ2) is 2.99. The molecule has 0 aliphatic carbocycles. The van der Waals surface area contributed by atoms with Gasteiger partial charge in [-0.15, -0.1) is 0 Å². The van der Waals surface area contributed by atoms with Gasteiger partial charge < -0.3 is 10.0 Å². The zero-order valence-corrected chi connectivity index (χ0v) is 5.75. The van der Waals surface area contributed by atoms with Gasteiger partial charge in [-0.1, -0.05) is 12.2 Å². The van der Waals surface area contributed by atoms with Gasteiger partial charge in [-0.05, 0) is 7.05 Å². The van der Waals surface area contributed by atoms with E-state index in [4.69, 9.17) is 5.11 Å². The van der Waals surface area contributed by atoms with E-state index in [0.29, 0.717) is 5.92 Å². The maximum absolute atomic E-state index is 8.73. The van der Waals surface area contributed by atoms with Gasteiger partial charge in [-0.2, -0.15) is 0 Å². The van der Waals surface area contributed by atoms with Crippen molar-refractivity contribution in [3.63, 3.8) is 0 Å². The van der Waals surface area contributed by atoms with Crippen molar-refractivity contribution in [1.29, 1.82) is 0 Å². The van der Waals surface area contributed by atoms with Crippen LogP contribution in [0.1, 0.15) is 0 Å². The molecule has 1 N–H and O–H groups in total. The van der Waals surface area contributed by atoms with Crippen molar-refractivity contribution < 1.29 is 5.11 Å². The normalized spacial score (nSPS) is 28.9. The van der Waals surface area contributed by atoms with Gasteiger partial charge >= 0.3 is 0 Å². The average molecular weight is 127 g/mol. The summed E-state index contributed by atoms with van der Waals surface area (Å²) in [4.78, 5) is 2.20. The molecule has 1 aliphatic heterocycles. The molecule has 52 valence electrons. The van der Waals surface area contributed by atoms with E-state index >= 15 is 0 Å². The van der Waals surface area contributed by atoms with E-state index in [9.17, 15) is 0 Å². The van der Waals surface area contributed by atoms with Gasteiger partial charge in [0.2, 0.25) is 0 Å². The number of aliphatic hydroxyl groups excluding tert-OH is 1. The monoisotopic (exact) mass is 127 g/mol. The van der Waals surface area contributed by atoms with Crippen molar-refractivity contribution in [2.45, 2.75) is 0 Å². The Morgan fingerprint density at radius 1 is 1.78 bits per heavy atom. The molecule has 2 heteroatoms. The molecule has 1 rings (SSSR count). The molecule has 0 saturated carbocycles. The van der Waals surface area contributed by atoms with E-state index in [-0.39, 0.29) is 6.61 Å². The number of hydrogen-bond donors (Lipinski definition) is 1. The Labute approximate surface area is 55.8 Å². The quantitative estimate of drug-likeness (QED) is 0.505. The molecule has 1 atom stereocenters. The van der Waals surface area contributed by atoms with Crippen molar-refractivity contribution in [3.8, 4) is 0 Å². The van der Waals surface area contributed by atoms with Gasteiger partial charge in [0.05, 0.1) is 6.61 Å². The molecule has 9 heavy (non-hydrogen) atoms. The summed E-state index contributed by atoms with van der Waals surface area (Å²) < 4.78 is 0. The Morgan fingerprint density at radius 2 is 2.56 bits per heavy atom. The highest BCUT2D eigenvalue weighted by molar-refractivity contribution is 4.95. The third-order valence-corrected chi connectivity index (χ3v) is 1.61. The zero-order chi connectivity index (χ0) is 6.69. The number of likely N-dealkylation sites (N-methyl/N-ethyl adjacent to an activating group) is 1. The van der Waals surface area contributed by atoms with Crippen molar-refractivity contribution in [3.05, 3.63) is 12.2 Å². The predicted octanol–water partition coefficient (Wildman–Crippen LogP) is 0.0965. The standard InChI is InChI=1S/C7H13NO/c1-8-4-2-3-7(5-8)6-9/h2-3,7,9H,4-6H2,1H3. The van der Waals surface area contributed by atoms with Gasteiger partial charge in [0.25, 0.3) is 0 Å². The highest BCUT2D eigenvalue weighted by Crippen LogP contribution is 2.05. The Balaban J connectivity index is 2.39. The molecule has 0 amide bonds. The summed E-state index contributed by atoms with van der Waals surface area (Å²) in [6.07, 6.45) is 4.18. The molecular formula is C7H13NO. The summed E-state index contributed by atoms with van der Waals surface area (Å²) in [6, 6.07) is 0. The Hall–Kier alpha value is -0.340. The predicted molar refractivity (Wildman–Crippen MR) is 37.2 cm³/mol. The molecule has 0 aromatic carbocycles. The fourth-order valence-electron chi connectivity index (χ4n) is 1.09. The summed E-state index contributed by atoms with van der Waals surface area (Å²) in [5, 5.41) is 8.73. The Bertz CT molecular complexity index is 111. The molecule has 0 saturated heterocycles. The zero-order valence-electron chi connectivity index (χ0n) is 5.75. The molecule has 0 fully saturated rings. The van der Waals surface area contributed by atoms with Crippen LogP contribution < -0.4 is 0 Å². The van der Waals surface area contributed by atoms with Gasteiger partial charge in [0.1, 0.15) is 0 Å². The molecule has 1 heterocycles. The molecule has 0 radical (unpaired) electrons. The maximum atomic E-state index is 8.73. The van der Waals surface area contributed by atoms with Gasteiger partial charge in [0.15, 0.2) is 0 Å².